The highest BCUT2D eigenvalue weighted by atomic mass is 35.5. The molecule has 1 aliphatic carbocycles. The molecule has 0 aliphatic heterocycles. The Balaban J connectivity index is 1.53. The van der Waals surface area contributed by atoms with Gasteiger partial charge in [0.25, 0.3) is 0 Å². The minimum atomic E-state index is -0.219. The van der Waals surface area contributed by atoms with Crippen molar-refractivity contribution in [3.63, 3.8) is 0 Å². The molecule has 162 valence electrons. The Bertz CT molecular complexity index is 1140. The van der Waals surface area contributed by atoms with Crippen LogP contribution in [0.25, 0.3) is 11.4 Å². The van der Waals surface area contributed by atoms with E-state index in [0.29, 0.717) is 17.3 Å². The number of ketones is 1. The topological polar surface area (TPSA) is 60.1 Å². The zero-order valence-corrected chi connectivity index (χ0v) is 18.8. The van der Waals surface area contributed by atoms with Crippen LogP contribution in [-0.4, -0.2) is 34.2 Å². The normalized spacial score (nSPS) is 14.5. The quantitative estimate of drug-likeness (QED) is 0.518. The third-order valence-corrected chi connectivity index (χ3v) is 5.95. The fourth-order valence-electron chi connectivity index (χ4n) is 3.78. The standard InChI is InChI=1S/C24H27ClN4O2/c1-16(18-5-4-6-21(14-18)27(2)3)13-22(30)15-28-24(31)29(20-11-12-20)23(26-28)17-7-9-19(25)10-8-17/h4-10,14,16,20H,11-13,15H2,1-3H3. The number of carbonyl (C=O) groups excluding carboxylic acids is 1. The lowest BCUT2D eigenvalue weighted by Gasteiger charge is -2.16. The Labute approximate surface area is 187 Å². The Morgan fingerprint density at radius 3 is 2.55 bits per heavy atom. The average Bonchev–Trinajstić information content (AvgIpc) is 3.53. The number of nitrogens with zero attached hydrogens (tertiary/aromatic N) is 4. The van der Waals surface area contributed by atoms with Gasteiger partial charge in [-0.15, -0.1) is 5.10 Å². The summed E-state index contributed by atoms with van der Waals surface area (Å²) in [5.41, 5.74) is 2.82. The van der Waals surface area contributed by atoms with E-state index in [1.54, 1.807) is 16.7 Å². The number of Topliss-reactive ketones (excluding diaryl/α,β-unsaturated/α-hetero) is 1. The van der Waals surface area contributed by atoms with E-state index < -0.39 is 0 Å². The lowest BCUT2D eigenvalue weighted by molar-refractivity contribution is -0.120. The number of anilines is 1. The average molecular weight is 439 g/mol. The zero-order valence-electron chi connectivity index (χ0n) is 18.1. The van der Waals surface area contributed by atoms with Crippen molar-refractivity contribution >= 4 is 23.1 Å². The Morgan fingerprint density at radius 1 is 1.19 bits per heavy atom. The molecule has 1 aromatic heterocycles. The molecule has 0 saturated heterocycles. The van der Waals surface area contributed by atoms with Crippen LogP contribution < -0.4 is 10.6 Å². The Morgan fingerprint density at radius 2 is 1.90 bits per heavy atom. The summed E-state index contributed by atoms with van der Waals surface area (Å²) in [7, 11) is 3.99. The highest BCUT2D eigenvalue weighted by Gasteiger charge is 2.30. The van der Waals surface area contributed by atoms with Crippen LogP contribution in [0.1, 0.15) is 43.7 Å². The van der Waals surface area contributed by atoms with Gasteiger partial charge in [0, 0.05) is 42.8 Å². The molecule has 1 aliphatic rings. The summed E-state index contributed by atoms with van der Waals surface area (Å²) in [6, 6.07) is 15.6. The van der Waals surface area contributed by atoms with Gasteiger partial charge in [-0.2, -0.15) is 0 Å². The van der Waals surface area contributed by atoms with Crippen molar-refractivity contribution in [3.05, 3.63) is 69.6 Å². The number of hydrogen-bond donors (Lipinski definition) is 0. The molecule has 6 nitrogen and oxygen atoms in total. The van der Waals surface area contributed by atoms with E-state index in [0.717, 1.165) is 29.7 Å². The molecule has 1 saturated carbocycles. The maximum absolute atomic E-state index is 13.0. The highest BCUT2D eigenvalue weighted by molar-refractivity contribution is 6.30. The first kappa shape index (κ1) is 21.4. The van der Waals surface area contributed by atoms with Crippen molar-refractivity contribution < 1.29 is 4.79 Å². The summed E-state index contributed by atoms with van der Waals surface area (Å²) >= 11 is 6.00. The molecule has 0 spiro atoms. The maximum Gasteiger partial charge on any atom is 0.346 e. The monoisotopic (exact) mass is 438 g/mol. The van der Waals surface area contributed by atoms with E-state index in [2.05, 4.69) is 11.2 Å². The summed E-state index contributed by atoms with van der Waals surface area (Å²) in [6.07, 6.45) is 2.27. The third kappa shape index (κ3) is 4.74. The van der Waals surface area contributed by atoms with Crippen molar-refractivity contribution in [2.75, 3.05) is 19.0 Å². The number of hydrogen-bond acceptors (Lipinski definition) is 4. The molecule has 1 heterocycles. The van der Waals surface area contributed by atoms with E-state index in [9.17, 15) is 9.59 Å². The first-order chi connectivity index (χ1) is 14.8. The fourth-order valence-corrected chi connectivity index (χ4v) is 3.91. The van der Waals surface area contributed by atoms with Crippen molar-refractivity contribution in [2.24, 2.45) is 0 Å². The van der Waals surface area contributed by atoms with Crippen molar-refractivity contribution in [1.82, 2.24) is 14.3 Å². The van der Waals surface area contributed by atoms with Crippen LogP contribution in [0.3, 0.4) is 0 Å². The SMILES string of the molecule is CC(CC(=O)Cn1nc(-c2ccc(Cl)cc2)n(C2CC2)c1=O)c1cccc(N(C)C)c1. The van der Waals surface area contributed by atoms with Crippen LogP contribution in [-0.2, 0) is 11.3 Å². The van der Waals surface area contributed by atoms with E-state index >= 15 is 0 Å². The second kappa shape index (κ2) is 8.71. The summed E-state index contributed by atoms with van der Waals surface area (Å²) in [5.74, 6) is 0.654. The molecule has 1 fully saturated rings. The molecule has 0 amide bonds. The first-order valence-electron chi connectivity index (χ1n) is 10.6. The molecule has 31 heavy (non-hydrogen) atoms. The smallest absolute Gasteiger partial charge is 0.346 e. The van der Waals surface area contributed by atoms with Crippen LogP contribution in [0, 0.1) is 0 Å². The van der Waals surface area contributed by atoms with Gasteiger partial charge in [0.2, 0.25) is 0 Å². The van der Waals surface area contributed by atoms with Gasteiger partial charge in [-0.1, -0.05) is 30.7 Å². The van der Waals surface area contributed by atoms with E-state index in [-0.39, 0.29) is 30.0 Å². The van der Waals surface area contributed by atoms with Gasteiger partial charge in [0.15, 0.2) is 11.6 Å². The molecule has 0 radical (unpaired) electrons. The maximum atomic E-state index is 13.0. The number of carbonyl (C=O) groups is 1. The third-order valence-electron chi connectivity index (χ3n) is 5.70. The zero-order chi connectivity index (χ0) is 22.1. The Kier molecular flexibility index (Phi) is 6.01. The largest absolute Gasteiger partial charge is 0.378 e. The van der Waals surface area contributed by atoms with Gasteiger partial charge in [0.1, 0.15) is 6.54 Å². The van der Waals surface area contributed by atoms with Crippen LogP contribution in [0.5, 0.6) is 0 Å². The lowest BCUT2D eigenvalue weighted by atomic mass is 9.95. The summed E-state index contributed by atoms with van der Waals surface area (Å²) in [6.45, 7) is 2.02. The molecule has 3 aromatic rings. The van der Waals surface area contributed by atoms with Crippen LogP contribution in [0.4, 0.5) is 5.69 Å². The number of benzene rings is 2. The van der Waals surface area contributed by atoms with Crippen molar-refractivity contribution in [3.8, 4) is 11.4 Å². The minimum Gasteiger partial charge on any atom is -0.378 e. The molecular weight excluding hydrogens is 412 g/mol. The van der Waals surface area contributed by atoms with E-state index in [1.165, 1.54) is 4.68 Å². The summed E-state index contributed by atoms with van der Waals surface area (Å²) in [5, 5.41) is 5.16. The number of aromatic nitrogens is 3. The van der Waals surface area contributed by atoms with Gasteiger partial charge in [0.05, 0.1) is 0 Å². The molecule has 0 bridgehead atoms. The minimum absolute atomic E-state index is 0.00652. The predicted octanol–water partition coefficient (Wildman–Crippen LogP) is 4.53. The van der Waals surface area contributed by atoms with E-state index in [1.807, 2.05) is 56.3 Å². The molecule has 1 unspecified atom stereocenters. The predicted molar refractivity (Wildman–Crippen MR) is 124 cm³/mol. The fraction of sp³-hybridized carbons (Fsp3) is 0.375. The van der Waals surface area contributed by atoms with E-state index in [4.69, 9.17) is 11.6 Å². The van der Waals surface area contributed by atoms with Crippen molar-refractivity contribution in [1.29, 1.82) is 0 Å². The second-order valence-electron chi connectivity index (χ2n) is 8.51. The number of halogens is 1. The highest BCUT2D eigenvalue weighted by Crippen LogP contribution is 2.36. The Hall–Kier alpha value is -2.86. The van der Waals surface area contributed by atoms with Gasteiger partial charge >= 0.3 is 5.69 Å². The second-order valence-corrected chi connectivity index (χ2v) is 8.94. The van der Waals surface area contributed by atoms with Crippen LogP contribution >= 0.6 is 11.6 Å². The summed E-state index contributed by atoms with van der Waals surface area (Å²) < 4.78 is 3.04. The molecule has 4 rings (SSSR count). The molecule has 0 N–H and O–H groups in total. The van der Waals surface area contributed by atoms with Gasteiger partial charge < -0.3 is 4.90 Å². The molecule has 7 heteroatoms. The van der Waals surface area contributed by atoms with Crippen LogP contribution in [0.2, 0.25) is 5.02 Å². The van der Waals surface area contributed by atoms with Gasteiger partial charge in [-0.05, 0) is 60.7 Å². The first-order valence-corrected chi connectivity index (χ1v) is 11.0. The van der Waals surface area contributed by atoms with Gasteiger partial charge in [-0.25, -0.2) is 9.48 Å². The number of rotatable bonds is 8. The molecule has 1 atom stereocenters. The lowest BCUT2D eigenvalue weighted by Crippen LogP contribution is -2.28. The van der Waals surface area contributed by atoms with Crippen molar-refractivity contribution in [2.45, 2.75) is 44.7 Å². The molecule has 2 aromatic carbocycles. The summed E-state index contributed by atoms with van der Waals surface area (Å²) in [4.78, 5) is 27.9. The van der Waals surface area contributed by atoms with Gasteiger partial charge in [-0.3, -0.25) is 9.36 Å². The van der Waals surface area contributed by atoms with Crippen LogP contribution in [0.15, 0.2) is 53.3 Å². The molecular formula is C24H27ClN4O2.